The Morgan fingerprint density at radius 1 is 0.931 bits per heavy atom. The number of allylic oxidation sites excluding steroid dienone is 2. The first-order valence-corrected chi connectivity index (χ1v) is 26.1. The molecule has 20 nitrogen and oxygen atoms in total. The Morgan fingerprint density at radius 2 is 1.65 bits per heavy atom. The summed E-state index contributed by atoms with van der Waals surface area (Å²) >= 11 is 0. The number of imidazole rings is 2. The van der Waals surface area contributed by atoms with Gasteiger partial charge in [-0.05, 0) is 121 Å². The van der Waals surface area contributed by atoms with Crippen LogP contribution >= 0.6 is 0 Å². The molecule has 0 radical (unpaired) electrons. The third kappa shape index (κ3) is 7.98. The fraction of sp³-hybridized carbons (Fsp3) is 0.808. The van der Waals surface area contributed by atoms with Crippen LogP contribution in [-0.4, -0.2) is 164 Å². The highest BCUT2D eigenvalue weighted by atomic mass is 16.7. The SMILES string of the molecule is C[C@]1(CO)C[C@@H](O)[C@]2(C(=O)O)C[C@@H](Cc3cnc[nH]3)[C@]3(C)C(=CC[C@@H]4[C@@]5(C)[C@H](C[C@H]6[C@H]([C@H](CC[C@@H](N)O)c7cnc[nH]7)NC(=O)[C@@H]6CO)[C@@H](O)[C@@H](O[C@@H]6OC[C@@H](O)[C@H](O)[C@H]6O)[C@@](C)(CO)[C@H]5CC[C@]43C)[C@@H]2C1. The quantitative estimate of drug-likeness (QED) is 0.0663. The molecular weight excluding hydrogens is 933 g/mol. The van der Waals surface area contributed by atoms with E-state index < -0.39 is 142 Å². The maximum absolute atomic E-state index is 14.1. The summed E-state index contributed by atoms with van der Waals surface area (Å²) in [5.41, 5.74) is 2.48. The average Bonchev–Trinajstić information content (AvgIpc) is 4.13. The van der Waals surface area contributed by atoms with Crippen LogP contribution in [0.4, 0.5) is 0 Å². The number of carbonyl (C=O) groups excluding carboxylic acids is 1. The Bertz CT molecular complexity index is 2290. The second-order valence-electron chi connectivity index (χ2n) is 24.5. The molecule has 0 unspecified atom stereocenters. The van der Waals surface area contributed by atoms with Crippen LogP contribution in [0.1, 0.15) is 110 Å². The van der Waals surface area contributed by atoms with Crippen molar-refractivity contribution in [1.82, 2.24) is 25.3 Å². The molecule has 4 saturated carbocycles. The van der Waals surface area contributed by atoms with Gasteiger partial charge < -0.3 is 81.6 Å². The van der Waals surface area contributed by atoms with E-state index in [1.165, 1.54) is 6.33 Å². The number of amides is 1. The summed E-state index contributed by atoms with van der Waals surface area (Å²) in [5, 5.41) is 117. The standard InChI is InChI=1S/C52H80N6O14/c1-47(21-60)15-32-30-7-8-36-49(3,51(30,5)25(12-26-17-54-23-56-26)14-52(32,46(69)70)37(63)16-47)11-10-35-48(2,22-61)43(72-45-42(67)41(66)34(62)20-71-45)40(65)31(50(35,36)4)13-28-29(19-59)44(68)58-39(28)27(6-9-38(53)64)33-18-55-24-57-33/h7,17-18,23-25,27-29,31-32,34-43,45,59-67H,6,8-16,19-22,53H2,1-5H3,(H,54,56)(H,55,57)(H,58,68)(H,69,70)/t25-,27-,28-,29-,31-,32+,34-,35-,36+,37-,38+,39+,40-,41+,42-,43-,45+,47-,48+,49-,50+,51-,52+/m1/s1. The van der Waals surface area contributed by atoms with Gasteiger partial charge in [0.2, 0.25) is 5.91 Å². The first-order chi connectivity index (χ1) is 34.0. The zero-order valence-electron chi connectivity index (χ0n) is 42.2. The average molecular weight is 1010 g/mol. The second-order valence-corrected chi connectivity index (χ2v) is 24.5. The summed E-state index contributed by atoms with van der Waals surface area (Å²) in [6, 6.07) is -0.640. The fourth-order valence-corrected chi connectivity index (χ4v) is 17.3. The molecule has 7 aliphatic rings. The van der Waals surface area contributed by atoms with Gasteiger partial charge in [-0.1, -0.05) is 46.3 Å². The number of rotatable bonds is 15. The Labute approximate surface area is 420 Å². The van der Waals surface area contributed by atoms with E-state index in [0.29, 0.717) is 44.2 Å². The van der Waals surface area contributed by atoms with Crippen molar-refractivity contribution < 1.29 is 70.1 Å². The number of aromatic amines is 2. The van der Waals surface area contributed by atoms with E-state index in [2.05, 4.69) is 52.1 Å². The van der Waals surface area contributed by atoms with Gasteiger partial charge in [0.25, 0.3) is 0 Å². The minimum Gasteiger partial charge on any atom is -0.481 e. The largest absolute Gasteiger partial charge is 0.481 e. The number of aromatic nitrogens is 4. The van der Waals surface area contributed by atoms with Gasteiger partial charge in [0.15, 0.2) is 6.29 Å². The number of carboxylic acids is 1. The highest BCUT2D eigenvalue weighted by molar-refractivity contribution is 5.82. The summed E-state index contributed by atoms with van der Waals surface area (Å²) in [6.07, 6.45) is 0.647. The van der Waals surface area contributed by atoms with Gasteiger partial charge in [-0.2, -0.15) is 0 Å². The zero-order valence-corrected chi connectivity index (χ0v) is 42.2. The minimum absolute atomic E-state index is 0.125. The molecule has 15 N–H and O–H groups in total. The Kier molecular flexibility index (Phi) is 14.3. The normalized spacial score (nSPS) is 47.8. The van der Waals surface area contributed by atoms with Crippen LogP contribution in [0.15, 0.2) is 36.7 Å². The van der Waals surface area contributed by atoms with E-state index in [9.17, 15) is 60.7 Å². The maximum Gasteiger partial charge on any atom is 0.312 e. The first-order valence-electron chi connectivity index (χ1n) is 26.1. The second kappa shape index (κ2) is 19.3. The summed E-state index contributed by atoms with van der Waals surface area (Å²) in [5.74, 6) is -5.91. The van der Waals surface area contributed by atoms with Crippen molar-refractivity contribution >= 4 is 11.9 Å². The molecule has 0 aromatic carbocycles. The first kappa shape index (κ1) is 53.4. The van der Waals surface area contributed by atoms with Crippen molar-refractivity contribution in [2.75, 3.05) is 26.4 Å². The van der Waals surface area contributed by atoms with Crippen molar-refractivity contribution in [2.45, 2.75) is 160 Å². The molecule has 0 spiro atoms. The molecule has 20 heteroatoms. The van der Waals surface area contributed by atoms with Crippen LogP contribution in [0.3, 0.4) is 0 Å². The van der Waals surface area contributed by atoms with E-state index in [1.807, 2.05) is 13.8 Å². The van der Waals surface area contributed by atoms with E-state index >= 15 is 0 Å². The highest BCUT2D eigenvalue weighted by Gasteiger charge is 2.76. The van der Waals surface area contributed by atoms with E-state index in [1.54, 1.807) is 18.7 Å². The van der Waals surface area contributed by atoms with Crippen molar-refractivity contribution in [2.24, 2.45) is 79.6 Å². The number of nitrogens with one attached hydrogen (secondary N) is 3. The van der Waals surface area contributed by atoms with E-state index in [0.717, 1.165) is 11.3 Å². The van der Waals surface area contributed by atoms with Crippen molar-refractivity contribution in [3.8, 4) is 0 Å². The minimum atomic E-state index is -1.71. The fourth-order valence-electron chi connectivity index (χ4n) is 17.3. The number of aliphatic carboxylic acids is 1. The van der Waals surface area contributed by atoms with Gasteiger partial charge in [0.05, 0.1) is 56.7 Å². The molecule has 2 aromatic heterocycles. The van der Waals surface area contributed by atoms with E-state index in [4.69, 9.17) is 15.2 Å². The maximum atomic E-state index is 14.1. The summed E-state index contributed by atoms with van der Waals surface area (Å²) in [6.45, 7) is 8.89. The Morgan fingerprint density at radius 3 is 2.28 bits per heavy atom. The van der Waals surface area contributed by atoms with Crippen molar-refractivity contribution in [3.63, 3.8) is 0 Å². The molecule has 23 atom stereocenters. The molecule has 402 valence electrons. The van der Waals surface area contributed by atoms with Crippen LogP contribution in [-0.2, 0) is 25.5 Å². The number of ether oxygens (including phenoxy) is 2. The molecule has 2 aromatic rings. The number of aliphatic hydroxyl groups is 9. The predicted octanol–water partition coefficient (Wildman–Crippen LogP) is 0.679. The number of hydrogen-bond donors (Lipinski definition) is 14. The Balaban J connectivity index is 1.22. The van der Waals surface area contributed by atoms with Crippen LogP contribution in [0.5, 0.6) is 0 Å². The van der Waals surface area contributed by atoms with Gasteiger partial charge in [0, 0.05) is 47.8 Å². The number of aliphatic hydroxyl groups excluding tert-OH is 9. The van der Waals surface area contributed by atoms with Crippen LogP contribution < -0.4 is 11.1 Å². The molecule has 2 saturated heterocycles. The molecule has 2 aliphatic heterocycles. The number of carboxylic acid groups (broad SMARTS) is 1. The molecule has 5 aliphatic carbocycles. The molecular formula is C52H80N6O14. The lowest BCUT2D eigenvalue weighted by atomic mass is 9.30. The lowest BCUT2D eigenvalue weighted by Crippen LogP contribution is -2.73. The topological polar surface area (TPSA) is 350 Å². The molecule has 0 bridgehead atoms. The monoisotopic (exact) mass is 1010 g/mol. The molecule has 72 heavy (non-hydrogen) atoms. The smallest absolute Gasteiger partial charge is 0.312 e. The van der Waals surface area contributed by atoms with Crippen LogP contribution in [0.25, 0.3) is 0 Å². The highest BCUT2D eigenvalue weighted by Crippen LogP contribution is 2.78. The molecule has 1 amide bonds. The van der Waals surface area contributed by atoms with Crippen LogP contribution in [0.2, 0.25) is 0 Å². The molecule has 6 fully saturated rings. The van der Waals surface area contributed by atoms with Crippen molar-refractivity contribution in [1.29, 1.82) is 0 Å². The number of hydrogen-bond acceptors (Lipinski definition) is 16. The number of fused-ring (bicyclic) bond motifs is 7. The summed E-state index contributed by atoms with van der Waals surface area (Å²) in [7, 11) is 0. The van der Waals surface area contributed by atoms with Gasteiger partial charge in [-0.15, -0.1) is 0 Å². The number of carbonyl (C=O) groups is 2. The van der Waals surface area contributed by atoms with Gasteiger partial charge in [-0.3, -0.25) is 9.59 Å². The van der Waals surface area contributed by atoms with Crippen LogP contribution in [0, 0.1) is 73.9 Å². The summed E-state index contributed by atoms with van der Waals surface area (Å²) < 4.78 is 12.5. The predicted molar refractivity (Wildman–Crippen MR) is 256 cm³/mol. The summed E-state index contributed by atoms with van der Waals surface area (Å²) in [4.78, 5) is 43.2. The van der Waals surface area contributed by atoms with Gasteiger partial charge in [0.1, 0.15) is 30.0 Å². The van der Waals surface area contributed by atoms with Gasteiger partial charge in [-0.25, -0.2) is 9.97 Å². The lowest BCUT2D eigenvalue weighted by molar-refractivity contribution is -0.341. The third-order valence-corrected chi connectivity index (χ3v) is 21.3. The number of nitrogens with two attached hydrogens (primary N) is 1. The molecule has 9 rings (SSSR count). The van der Waals surface area contributed by atoms with Gasteiger partial charge >= 0.3 is 5.97 Å². The number of nitrogens with zero attached hydrogens (tertiary/aromatic N) is 2. The zero-order chi connectivity index (χ0) is 52.1. The van der Waals surface area contributed by atoms with E-state index in [-0.39, 0.29) is 56.6 Å². The third-order valence-electron chi connectivity index (χ3n) is 21.3. The number of H-pyrrole nitrogens is 2. The lowest BCUT2D eigenvalue weighted by Gasteiger charge is -2.75. The molecule has 4 heterocycles. The van der Waals surface area contributed by atoms with Crippen molar-refractivity contribution in [3.05, 3.63) is 48.1 Å². The Hall–Kier alpha value is -3.38.